The number of thiazole rings is 1. The quantitative estimate of drug-likeness (QED) is 0.412. The van der Waals surface area contributed by atoms with Crippen LogP contribution < -0.4 is 5.32 Å². The third-order valence-electron chi connectivity index (χ3n) is 5.16. The Morgan fingerprint density at radius 2 is 2.23 bits per heavy atom. The number of rotatable bonds is 8. The molecule has 1 aliphatic rings. The predicted octanol–water partition coefficient (Wildman–Crippen LogP) is 3.78. The Hall–Kier alpha value is -2.62. The number of hydrogen-bond acceptors (Lipinski definition) is 6. The van der Waals surface area contributed by atoms with Gasteiger partial charge in [-0.15, -0.1) is 17.9 Å². The van der Waals surface area contributed by atoms with Crippen molar-refractivity contribution in [2.24, 2.45) is 0 Å². The van der Waals surface area contributed by atoms with Gasteiger partial charge in [-0.25, -0.2) is 4.98 Å². The number of nitrogens with zero attached hydrogens (tertiary/aromatic N) is 4. The molecule has 2 aromatic heterocycles. The summed E-state index contributed by atoms with van der Waals surface area (Å²) < 4.78 is 2.45. The first-order valence-electron chi connectivity index (χ1n) is 9.92. The zero-order valence-electron chi connectivity index (χ0n) is 16.6. The van der Waals surface area contributed by atoms with E-state index in [-0.39, 0.29) is 11.9 Å². The lowest BCUT2D eigenvalue weighted by Gasteiger charge is -2.23. The smallest absolute Gasteiger partial charge is 0.243 e. The summed E-state index contributed by atoms with van der Waals surface area (Å²) in [6.45, 7) is 6.07. The van der Waals surface area contributed by atoms with E-state index in [0.29, 0.717) is 22.9 Å². The normalized spacial score (nSPS) is 16.6. The SMILES string of the molecule is C=CCn1c(Cc2csc(NC(=O)C3CCCN3Cc3ccccc3)n2)n[nH]c1=S. The van der Waals surface area contributed by atoms with E-state index in [1.165, 1.54) is 16.9 Å². The van der Waals surface area contributed by atoms with Gasteiger partial charge in [0.15, 0.2) is 9.90 Å². The molecule has 1 aromatic carbocycles. The Kier molecular flexibility index (Phi) is 6.51. The van der Waals surface area contributed by atoms with Crippen LogP contribution in [0.15, 0.2) is 48.4 Å². The highest BCUT2D eigenvalue weighted by molar-refractivity contribution is 7.71. The summed E-state index contributed by atoms with van der Waals surface area (Å²) in [4.78, 5) is 19.7. The van der Waals surface area contributed by atoms with Gasteiger partial charge in [0.2, 0.25) is 5.91 Å². The number of H-pyrrole nitrogens is 1. The van der Waals surface area contributed by atoms with E-state index in [2.05, 4.69) is 44.1 Å². The number of benzene rings is 1. The Morgan fingerprint density at radius 3 is 3.03 bits per heavy atom. The summed E-state index contributed by atoms with van der Waals surface area (Å²) in [7, 11) is 0. The summed E-state index contributed by atoms with van der Waals surface area (Å²) in [6, 6.07) is 10.1. The Bertz CT molecular complexity index is 1070. The fraction of sp³-hybridized carbons (Fsp3) is 0.333. The number of carbonyl (C=O) groups is 1. The van der Waals surface area contributed by atoms with Crippen molar-refractivity contribution in [2.75, 3.05) is 11.9 Å². The zero-order chi connectivity index (χ0) is 20.9. The third-order valence-corrected chi connectivity index (χ3v) is 6.28. The van der Waals surface area contributed by atoms with E-state index in [9.17, 15) is 4.79 Å². The Balaban J connectivity index is 1.39. The maximum absolute atomic E-state index is 12.9. The van der Waals surface area contributed by atoms with Crippen LogP contribution >= 0.6 is 23.6 Å². The lowest BCUT2D eigenvalue weighted by molar-refractivity contribution is -0.120. The molecule has 3 aromatic rings. The minimum Gasteiger partial charge on any atom is -0.301 e. The minimum absolute atomic E-state index is 0.0127. The number of likely N-dealkylation sites (tertiary alicyclic amines) is 1. The maximum atomic E-state index is 12.9. The zero-order valence-corrected chi connectivity index (χ0v) is 18.2. The average Bonchev–Trinajstić information content (AvgIpc) is 3.46. The molecule has 0 spiro atoms. The van der Waals surface area contributed by atoms with Gasteiger partial charge < -0.3 is 5.32 Å². The van der Waals surface area contributed by atoms with Crippen LogP contribution in [0.2, 0.25) is 0 Å². The first-order valence-corrected chi connectivity index (χ1v) is 11.2. The molecule has 1 saturated heterocycles. The fourth-order valence-electron chi connectivity index (χ4n) is 3.73. The van der Waals surface area contributed by atoms with Gasteiger partial charge in [-0.1, -0.05) is 36.4 Å². The lowest BCUT2D eigenvalue weighted by atomic mass is 10.1. The van der Waals surface area contributed by atoms with Gasteiger partial charge in [0.25, 0.3) is 0 Å². The van der Waals surface area contributed by atoms with Gasteiger partial charge in [-0.3, -0.25) is 19.4 Å². The molecule has 0 radical (unpaired) electrons. The van der Waals surface area contributed by atoms with Crippen molar-refractivity contribution in [2.45, 2.75) is 38.4 Å². The van der Waals surface area contributed by atoms with E-state index in [1.54, 1.807) is 6.08 Å². The molecule has 4 rings (SSSR count). The lowest BCUT2D eigenvalue weighted by Crippen LogP contribution is -2.39. The molecule has 1 unspecified atom stereocenters. The first-order chi connectivity index (χ1) is 14.6. The monoisotopic (exact) mass is 440 g/mol. The number of aromatic nitrogens is 4. The second-order valence-corrected chi connectivity index (χ2v) is 8.51. The molecule has 2 N–H and O–H groups in total. The van der Waals surface area contributed by atoms with Crippen LogP contribution in [0.25, 0.3) is 0 Å². The number of carbonyl (C=O) groups excluding carboxylic acids is 1. The van der Waals surface area contributed by atoms with Crippen LogP contribution in [0.4, 0.5) is 5.13 Å². The van der Waals surface area contributed by atoms with Gasteiger partial charge in [0.05, 0.1) is 18.2 Å². The van der Waals surface area contributed by atoms with E-state index < -0.39 is 0 Å². The van der Waals surface area contributed by atoms with Crippen LogP contribution in [0, 0.1) is 4.77 Å². The number of amides is 1. The number of allylic oxidation sites excluding steroid dienone is 1. The van der Waals surface area contributed by atoms with Gasteiger partial charge in [0, 0.05) is 18.5 Å². The highest BCUT2D eigenvalue weighted by Gasteiger charge is 2.31. The standard InChI is InChI=1S/C21H24N6OS2/c1-2-10-27-18(24-25-21(27)29)12-16-14-30-20(22-16)23-19(28)17-9-6-11-26(17)13-15-7-4-3-5-8-15/h2-5,7-8,14,17H,1,6,9-13H2,(H,25,29)(H,22,23,28). The Labute approximate surface area is 184 Å². The fourth-order valence-corrected chi connectivity index (χ4v) is 4.67. The number of anilines is 1. The highest BCUT2D eigenvalue weighted by atomic mass is 32.1. The third kappa shape index (κ3) is 4.75. The van der Waals surface area contributed by atoms with E-state index in [4.69, 9.17) is 12.2 Å². The predicted molar refractivity (Wildman–Crippen MR) is 121 cm³/mol. The van der Waals surface area contributed by atoms with Crippen LogP contribution in [0.3, 0.4) is 0 Å². The topological polar surface area (TPSA) is 78.8 Å². The number of hydrogen-bond donors (Lipinski definition) is 2. The Morgan fingerprint density at radius 1 is 1.40 bits per heavy atom. The summed E-state index contributed by atoms with van der Waals surface area (Å²) in [5.41, 5.74) is 2.07. The molecule has 0 aliphatic carbocycles. The van der Waals surface area contributed by atoms with Crippen molar-refractivity contribution in [1.82, 2.24) is 24.6 Å². The van der Waals surface area contributed by atoms with Gasteiger partial charge in [-0.2, -0.15) is 5.10 Å². The summed E-state index contributed by atoms with van der Waals surface area (Å²) in [5.74, 6) is 0.812. The van der Waals surface area contributed by atoms with E-state index in [0.717, 1.165) is 37.4 Å². The van der Waals surface area contributed by atoms with Crippen molar-refractivity contribution in [3.8, 4) is 0 Å². The van der Waals surface area contributed by atoms with Crippen LogP contribution in [0.5, 0.6) is 0 Å². The van der Waals surface area contributed by atoms with Gasteiger partial charge >= 0.3 is 0 Å². The highest BCUT2D eigenvalue weighted by Crippen LogP contribution is 2.23. The molecule has 0 bridgehead atoms. The number of aromatic amines is 1. The summed E-state index contributed by atoms with van der Waals surface area (Å²) in [6.07, 6.45) is 4.22. The average molecular weight is 441 g/mol. The molecule has 9 heteroatoms. The van der Waals surface area contributed by atoms with Crippen molar-refractivity contribution in [3.63, 3.8) is 0 Å². The largest absolute Gasteiger partial charge is 0.301 e. The van der Waals surface area contributed by atoms with Crippen molar-refractivity contribution in [3.05, 3.63) is 70.2 Å². The molecule has 30 heavy (non-hydrogen) atoms. The molecule has 3 heterocycles. The molecule has 7 nitrogen and oxygen atoms in total. The molecular weight excluding hydrogens is 416 g/mol. The van der Waals surface area contributed by atoms with Gasteiger partial charge in [0.1, 0.15) is 5.82 Å². The second-order valence-electron chi connectivity index (χ2n) is 7.27. The van der Waals surface area contributed by atoms with Gasteiger partial charge in [-0.05, 0) is 37.2 Å². The summed E-state index contributed by atoms with van der Waals surface area (Å²) >= 11 is 6.69. The second kappa shape index (κ2) is 9.46. The molecule has 0 saturated carbocycles. The molecule has 156 valence electrons. The molecule has 1 atom stereocenters. The minimum atomic E-state index is -0.124. The van der Waals surface area contributed by atoms with Crippen LogP contribution in [-0.2, 0) is 24.3 Å². The van der Waals surface area contributed by atoms with E-state index in [1.807, 2.05) is 28.1 Å². The molecular formula is C21H24N6OS2. The van der Waals surface area contributed by atoms with Crippen LogP contribution in [-0.4, -0.2) is 43.1 Å². The van der Waals surface area contributed by atoms with E-state index >= 15 is 0 Å². The summed E-state index contributed by atoms with van der Waals surface area (Å²) in [5, 5.41) is 12.7. The van der Waals surface area contributed by atoms with Crippen molar-refractivity contribution in [1.29, 1.82) is 0 Å². The number of nitrogens with one attached hydrogen (secondary N) is 2. The molecule has 1 aliphatic heterocycles. The van der Waals surface area contributed by atoms with Crippen molar-refractivity contribution < 1.29 is 4.79 Å². The van der Waals surface area contributed by atoms with Crippen LogP contribution in [0.1, 0.15) is 29.9 Å². The van der Waals surface area contributed by atoms with Crippen molar-refractivity contribution >= 4 is 34.6 Å². The molecule has 1 amide bonds. The first kappa shape index (κ1) is 20.6. The molecule has 1 fully saturated rings. The maximum Gasteiger partial charge on any atom is 0.243 e.